The van der Waals surface area contributed by atoms with Crippen LogP contribution in [0.2, 0.25) is 0 Å². The van der Waals surface area contributed by atoms with Crippen molar-refractivity contribution in [1.82, 2.24) is 4.31 Å². The average molecular weight is 300 g/mol. The van der Waals surface area contributed by atoms with Gasteiger partial charge in [-0.3, -0.25) is 0 Å². The van der Waals surface area contributed by atoms with Crippen molar-refractivity contribution < 1.29 is 8.42 Å². The van der Waals surface area contributed by atoms with Crippen LogP contribution in [0, 0.1) is 0 Å². The van der Waals surface area contributed by atoms with Gasteiger partial charge in [0.05, 0.1) is 5.75 Å². The van der Waals surface area contributed by atoms with E-state index in [4.69, 9.17) is 5.73 Å². The zero-order valence-corrected chi connectivity index (χ0v) is 12.9. The van der Waals surface area contributed by atoms with Crippen LogP contribution >= 0.6 is 11.8 Å². The van der Waals surface area contributed by atoms with E-state index in [1.54, 1.807) is 16.4 Å². The van der Waals surface area contributed by atoms with Crippen LogP contribution in [0.15, 0.2) is 24.3 Å². The average Bonchev–Trinajstić information content (AvgIpc) is 2.31. The summed E-state index contributed by atoms with van der Waals surface area (Å²) in [5.41, 5.74) is 7.04. The third-order valence-electron chi connectivity index (χ3n) is 3.18. The molecule has 1 aromatic rings. The number of nitrogen functional groups attached to an aromatic ring is 1. The molecule has 0 aliphatic carbocycles. The van der Waals surface area contributed by atoms with Gasteiger partial charge in [0.25, 0.3) is 0 Å². The molecule has 0 spiro atoms. The van der Waals surface area contributed by atoms with Gasteiger partial charge in [-0.05, 0) is 25.5 Å². The van der Waals surface area contributed by atoms with Crippen molar-refractivity contribution in [1.29, 1.82) is 0 Å². The lowest BCUT2D eigenvalue weighted by molar-refractivity contribution is 0.387. The molecule has 2 N–H and O–H groups in total. The lowest BCUT2D eigenvalue weighted by Gasteiger charge is -2.36. The van der Waals surface area contributed by atoms with Crippen LogP contribution in [-0.4, -0.2) is 36.3 Å². The molecule has 0 bridgehead atoms. The minimum absolute atomic E-state index is 0.0135. The number of hydrogen-bond donors (Lipinski definition) is 1. The van der Waals surface area contributed by atoms with Gasteiger partial charge < -0.3 is 5.73 Å². The summed E-state index contributed by atoms with van der Waals surface area (Å²) in [5, 5.41) is 0. The van der Waals surface area contributed by atoms with E-state index in [-0.39, 0.29) is 10.5 Å². The molecule has 1 saturated heterocycles. The van der Waals surface area contributed by atoms with Crippen molar-refractivity contribution >= 4 is 27.5 Å². The molecule has 1 aliphatic rings. The highest BCUT2D eigenvalue weighted by molar-refractivity contribution is 8.00. The first-order valence-electron chi connectivity index (χ1n) is 6.25. The number of rotatable bonds is 3. The molecule has 2 rings (SSSR count). The van der Waals surface area contributed by atoms with Crippen molar-refractivity contribution in [2.45, 2.75) is 24.3 Å². The maximum atomic E-state index is 12.5. The Kier molecular flexibility index (Phi) is 4.13. The minimum atomic E-state index is -3.29. The predicted octanol–water partition coefficient (Wildman–Crippen LogP) is 1.93. The smallest absolute Gasteiger partial charge is 0.218 e. The summed E-state index contributed by atoms with van der Waals surface area (Å²) in [6.45, 7) is 5.31. The number of hydrogen-bond acceptors (Lipinski definition) is 4. The van der Waals surface area contributed by atoms with Gasteiger partial charge in [-0.25, -0.2) is 8.42 Å². The number of nitrogens with two attached hydrogens (primary N) is 1. The molecule has 4 nitrogen and oxygen atoms in total. The molecule has 1 heterocycles. The van der Waals surface area contributed by atoms with Gasteiger partial charge in [-0.2, -0.15) is 16.1 Å². The molecule has 1 aromatic carbocycles. The van der Waals surface area contributed by atoms with E-state index in [0.29, 0.717) is 24.3 Å². The quantitative estimate of drug-likeness (QED) is 0.866. The standard InChI is InChI=1S/C13H20N2O2S2/c1-13(2)10-15(7-8-18-13)19(16,17)9-11-5-3-4-6-12(11)14/h3-6H,7-10,14H2,1-2H3. The molecule has 106 valence electrons. The van der Waals surface area contributed by atoms with Gasteiger partial charge >= 0.3 is 0 Å². The van der Waals surface area contributed by atoms with E-state index in [2.05, 4.69) is 13.8 Å². The summed E-state index contributed by atoms with van der Waals surface area (Å²) in [7, 11) is -3.29. The van der Waals surface area contributed by atoms with E-state index in [1.807, 2.05) is 23.9 Å². The van der Waals surface area contributed by atoms with E-state index >= 15 is 0 Å². The molecule has 1 fully saturated rings. The van der Waals surface area contributed by atoms with Gasteiger partial charge in [-0.1, -0.05) is 18.2 Å². The van der Waals surface area contributed by atoms with Gasteiger partial charge in [0.15, 0.2) is 0 Å². The zero-order chi connectivity index (χ0) is 14.1. The maximum absolute atomic E-state index is 12.5. The predicted molar refractivity (Wildman–Crippen MR) is 81.6 cm³/mol. The van der Waals surface area contributed by atoms with Crippen LogP contribution in [0.5, 0.6) is 0 Å². The molecule has 6 heteroatoms. The highest BCUT2D eigenvalue weighted by Crippen LogP contribution is 2.31. The highest BCUT2D eigenvalue weighted by atomic mass is 32.2. The minimum Gasteiger partial charge on any atom is -0.398 e. The lowest BCUT2D eigenvalue weighted by Crippen LogP contribution is -2.46. The second-order valence-corrected chi connectivity index (χ2v) is 9.17. The van der Waals surface area contributed by atoms with Crippen molar-refractivity contribution in [3.05, 3.63) is 29.8 Å². The fourth-order valence-electron chi connectivity index (χ4n) is 2.16. The van der Waals surface area contributed by atoms with Crippen molar-refractivity contribution in [3.8, 4) is 0 Å². The molecule has 0 unspecified atom stereocenters. The van der Waals surface area contributed by atoms with Crippen LogP contribution in [0.4, 0.5) is 5.69 Å². The molecule has 0 saturated carbocycles. The Bertz CT molecular complexity index is 556. The van der Waals surface area contributed by atoms with Crippen molar-refractivity contribution in [2.75, 3.05) is 24.6 Å². The first-order valence-corrected chi connectivity index (χ1v) is 8.85. The molecule has 0 aromatic heterocycles. The van der Waals surface area contributed by atoms with Crippen LogP contribution in [-0.2, 0) is 15.8 Å². The van der Waals surface area contributed by atoms with Crippen LogP contribution in [0.25, 0.3) is 0 Å². The van der Waals surface area contributed by atoms with E-state index in [1.165, 1.54) is 0 Å². The van der Waals surface area contributed by atoms with Crippen LogP contribution in [0.1, 0.15) is 19.4 Å². The third-order valence-corrected chi connectivity index (χ3v) is 6.25. The molecule has 0 atom stereocenters. The Morgan fingerprint density at radius 3 is 2.68 bits per heavy atom. The zero-order valence-electron chi connectivity index (χ0n) is 11.3. The summed E-state index contributed by atoms with van der Waals surface area (Å²) < 4.78 is 26.5. The number of benzene rings is 1. The van der Waals surface area contributed by atoms with E-state index in [0.717, 1.165) is 5.75 Å². The second kappa shape index (κ2) is 5.34. The van der Waals surface area contributed by atoms with Gasteiger partial charge in [0.1, 0.15) is 0 Å². The SMILES string of the molecule is CC1(C)CN(S(=O)(=O)Cc2ccccc2N)CCS1. The maximum Gasteiger partial charge on any atom is 0.218 e. The topological polar surface area (TPSA) is 63.4 Å². The summed E-state index contributed by atoms with van der Waals surface area (Å²) in [6, 6.07) is 7.14. The van der Waals surface area contributed by atoms with Gasteiger partial charge in [0, 0.05) is 29.3 Å². The number of sulfonamides is 1. The Labute approximate surface area is 119 Å². The molecule has 1 aliphatic heterocycles. The number of para-hydroxylation sites is 1. The van der Waals surface area contributed by atoms with Gasteiger partial charge in [0.2, 0.25) is 10.0 Å². The summed E-state index contributed by atoms with van der Waals surface area (Å²) in [4.78, 5) is 0. The first-order chi connectivity index (χ1) is 8.80. The third kappa shape index (κ3) is 3.64. The lowest BCUT2D eigenvalue weighted by atomic mass is 10.2. The number of nitrogens with zero attached hydrogens (tertiary/aromatic N) is 1. The Balaban J connectivity index is 2.17. The fraction of sp³-hybridized carbons (Fsp3) is 0.538. The fourth-order valence-corrected chi connectivity index (χ4v) is 5.20. The Hall–Kier alpha value is -0.720. The molecular formula is C13H20N2O2S2. The van der Waals surface area contributed by atoms with E-state index in [9.17, 15) is 8.42 Å². The molecule has 0 radical (unpaired) electrons. The summed E-state index contributed by atoms with van der Waals surface area (Å²) in [5.74, 6) is 0.830. The number of anilines is 1. The number of thioether (sulfide) groups is 1. The normalized spacial score (nSPS) is 20.3. The Morgan fingerprint density at radius 1 is 1.37 bits per heavy atom. The highest BCUT2D eigenvalue weighted by Gasteiger charge is 2.33. The molecule has 19 heavy (non-hydrogen) atoms. The first kappa shape index (κ1) is 14.7. The monoisotopic (exact) mass is 300 g/mol. The Morgan fingerprint density at radius 2 is 2.05 bits per heavy atom. The van der Waals surface area contributed by atoms with Crippen LogP contribution in [0.3, 0.4) is 0 Å². The summed E-state index contributed by atoms with van der Waals surface area (Å²) in [6.07, 6.45) is 0. The van der Waals surface area contributed by atoms with Crippen molar-refractivity contribution in [2.24, 2.45) is 0 Å². The molecular weight excluding hydrogens is 280 g/mol. The van der Waals surface area contributed by atoms with Crippen LogP contribution < -0.4 is 5.73 Å². The second-order valence-electron chi connectivity index (χ2n) is 5.40. The van der Waals surface area contributed by atoms with E-state index < -0.39 is 10.0 Å². The summed E-state index contributed by atoms with van der Waals surface area (Å²) >= 11 is 1.82. The van der Waals surface area contributed by atoms with Gasteiger partial charge in [-0.15, -0.1) is 0 Å². The van der Waals surface area contributed by atoms with Crippen molar-refractivity contribution in [3.63, 3.8) is 0 Å². The molecule has 0 amide bonds. The largest absolute Gasteiger partial charge is 0.398 e.